The number of aliphatic hydroxyl groups excluding tert-OH is 3. The minimum Gasteiger partial charge on any atom is -0.391 e. The van der Waals surface area contributed by atoms with Gasteiger partial charge in [0, 0.05) is 31.7 Å². The van der Waals surface area contributed by atoms with Gasteiger partial charge in [-0.2, -0.15) is 0 Å². The number of nitrogens with one attached hydrogen (secondary N) is 10. The topological polar surface area (TPSA) is 482 Å². The molecule has 2 rings (SSSR count). The highest BCUT2D eigenvalue weighted by Gasteiger charge is 2.37. The Balaban J connectivity index is 2.67. The minimum atomic E-state index is -1.78. The minimum absolute atomic E-state index is 0.0432. The zero-order chi connectivity index (χ0) is 63.8. The third-order valence-electron chi connectivity index (χ3n) is 14.7. The molecule has 23 N–H and O–H groups in total. The summed E-state index contributed by atoms with van der Waals surface area (Å²) >= 11 is 0. The van der Waals surface area contributed by atoms with Gasteiger partial charge in [-0.25, -0.2) is 0 Å². The lowest BCUT2D eigenvalue weighted by Gasteiger charge is -2.30. The average molecular weight is 1200 g/mol. The molecule has 1 aromatic rings. The molecule has 1 saturated heterocycles. The Morgan fingerprint density at radius 1 is 0.612 bits per heavy atom. The van der Waals surface area contributed by atoms with Crippen molar-refractivity contribution in [2.45, 2.75) is 204 Å². The molecule has 1 aliphatic rings. The van der Waals surface area contributed by atoms with E-state index >= 15 is 0 Å². The van der Waals surface area contributed by atoms with E-state index in [4.69, 9.17) is 28.7 Å². The van der Waals surface area contributed by atoms with Crippen LogP contribution in [0.15, 0.2) is 30.3 Å². The van der Waals surface area contributed by atoms with Gasteiger partial charge in [-0.1, -0.05) is 77.3 Å². The molecule has 1 fully saturated rings. The van der Waals surface area contributed by atoms with E-state index in [1.54, 1.807) is 44.2 Å². The maximum Gasteiger partial charge on any atom is 0.245 e. The molecule has 28 nitrogen and oxygen atoms in total. The Morgan fingerprint density at radius 2 is 1.13 bits per heavy atom. The number of aliphatic hydroxyl groups is 3. The summed E-state index contributed by atoms with van der Waals surface area (Å²) in [5.74, 6) is -8.75. The summed E-state index contributed by atoms with van der Waals surface area (Å²) in [4.78, 5) is 140. The van der Waals surface area contributed by atoms with Crippen LogP contribution in [-0.4, -0.2) is 186 Å². The van der Waals surface area contributed by atoms with Crippen LogP contribution in [0.25, 0.3) is 0 Å². The van der Waals surface area contributed by atoms with Crippen molar-refractivity contribution in [3.8, 4) is 0 Å². The average Bonchev–Trinajstić information content (AvgIpc) is 3.67. The van der Waals surface area contributed by atoms with Crippen LogP contribution in [0.5, 0.6) is 0 Å². The van der Waals surface area contributed by atoms with Crippen molar-refractivity contribution in [3.63, 3.8) is 0 Å². The molecule has 0 radical (unpaired) electrons. The SMILES string of the molecule is CCC(C)CCCCC(=O)C[C@@H](CCN)C(=O)N[C@H](C(=O)N[C@@H](CCN)C(=O)N[C@H]1CCNC(O)[C@H]([C@H](C)O)NC(=O)[C@H](CCN)NC(=O)[C@H](CCN)NC(=O)[C@H](CC(C)C)NC(=O)[C@@H](Cc2ccccc2)NC(=O)[C@H](CCN)NC1=O)C(C)O. The van der Waals surface area contributed by atoms with Crippen LogP contribution in [0.3, 0.4) is 0 Å². The molecule has 9 amide bonds. The number of unbranched alkanes of at least 4 members (excludes halogenated alkanes) is 1. The van der Waals surface area contributed by atoms with Crippen molar-refractivity contribution < 1.29 is 63.3 Å². The fourth-order valence-electron chi connectivity index (χ4n) is 9.50. The van der Waals surface area contributed by atoms with Crippen molar-refractivity contribution >= 4 is 58.9 Å². The summed E-state index contributed by atoms with van der Waals surface area (Å²) in [7, 11) is 0. The predicted molar refractivity (Wildman–Crippen MR) is 318 cm³/mol. The van der Waals surface area contributed by atoms with E-state index in [1.807, 2.05) is 0 Å². The van der Waals surface area contributed by atoms with E-state index in [1.165, 1.54) is 13.8 Å². The molecule has 0 saturated carbocycles. The number of hydrogen-bond acceptors (Lipinski definition) is 19. The Labute approximate surface area is 499 Å². The van der Waals surface area contributed by atoms with Crippen molar-refractivity contribution in [1.29, 1.82) is 0 Å². The summed E-state index contributed by atoms with van der Waals surface area (Å²) in [6.45, 7) is 9.39. The number of carbonyl (C=O) groups is 10. The molecular weight excluding hydrogens is 1100 g/mol. The second-order valence-electron chi connectivity index (χ2n) is 22.5. The fraction of sp³-hybridized carbons (Fsp3) is 0.719. The van der Waals surface area contributed by atoms with Gasteiger partial charge in [-0.3, -0.25) is 53.3 Å². The summed E-state index contributed by atoms with van der Waals surface area (Å²) < 4.78 is 0. The zero-order valence-electron chi connectivity index (χ0n) is 50.5. The molecule has 1 heterocycles. The van der Waals surface area contributed by atoms with Gasteiger partial charge in [-0.15, -0.1) is 0 Å². The maximum atomic E-state index is 14.6. The number of nitrogens with two attached hydrogens (primary N) is 5. The van der Waals surface area contributed by atoms with Crippen LogP contribution in [0.1, 0.15) is 131 Å². The van der Waals surface area contributed by atoms with Gasteiger partial charge in [0.25, 0.3) is 0 Å². The van der Waals surface area contributed by atoms with Crippen LogP contribution >= 0.6 is 0 Å². The normalized spacial score (nSPS) is 23.9. The van der Waals surface area contributed by atoms with E-state index < -0.39 is 138 Å². The number of rotatable bonds is 30. The number of ketones is 1. The third-order valence-corrected chi connectivity index (χ3v) is 14.7. The van der Waals surface area contributed by atoms with Gasteiger partial charge < -0.3 is 91.8 Å². The van der Waals surface area contributed by atoms with E-state index in [-0.39, 0.29) is 109 Å². The Bertz CT molecular complexity index is 2260. The van der Waals surface area contributed by atoms with Crippen LogP contribution in [-0.2, 0) is 54.4 Å². The van der Waals surface area contributed by atoms with E-state index in [2.05, 4.69) is 67.0 Å². The molecule has 1 aromatic carbocycles. The molecular formula is C57H101N15O13. The molecule has 0 bridgehead atoms. The number of carbonyl (C=O) groups excluding carboxylic acids is 10. The Hall–Kier alpha value is -6.24. The number of hydrogen-bond donors (Lipinski definition) is 18. The Morgan fingerprint density at radius 3 is 1.65 bits per heavy atom. The first-order valence-electron chi connectivity index (χ1n) is 29.9. The predicted octanol–water partition coefficient (Wildman–Crippen LogP) is -4.36. The van der Waals surface area contributed by atoms with Gasteiger partial charge in [-0.05, 0) is 115 Å². The molecule has 0 spiro atoms. The lowest BCUT2D eigenvalue weighted by atomic mass is 9.94. The van der Waals surface area contributed by atoms with E-state index in [0.29, 0.717) is 17.9 Å². The number of benzene rings is 1. The van der Waals surface area contributed by atoms with Crippen LogP contribution in [0, 0.1) is 17.8 Å². The second kappa shape index (κ2) is 40.2. The lowest BCUT2D eigenvalue weighted by molar-refractivity contribution is -0.137. The highest BCUT2D eigenvalue weighted by molar-refractivity contribution is 5.98. The first-order valence-corrected chi connectivity index (χ1v) is 29.9. The van der Waals surface area contributed by atoms with Gasteiger partial charge >= 0.3 is 0 Å². The molecule has 1 aliphatic heterocycles. The number of Topliss-reactive ketones (excluding diaryl/α,β-unsaturated/α-hetero) is 1. The quantitative estimate of drug-likeness (QED) is 0.0324. The first kappa shape index (κ1) is 74.9. The fourth-order valence-corrected chi connectivity index (χ4v) is 9.50. The summed E-state index contributed by atoms with van der Waals surface area (Å²) in [5.41, 5.74) is 30.0. The van der Waals surface area contributed by atoms with Gasteiger partial charge in [0.2, 0.25) is 53.2 Å². The van der Waals surface area contributed by atoms with Crippen molar-refractivity contribution in [2.75, 3.05) is 39.3 Å². The van der Waals surface area contributed by atoms with Crippen molar-refractivity contribution in [3.05, 3.63) is 35.9 Å². The highest BCUT2D eigenvalue weighted by atomic mass is 16.3. The van der Waals surface area contributed by atoms with Crippen LogP contribution in [0.4, 0.5) is 0 Å². The summed E-state index contributed by atoms with van der Waals surface area (Å²) in [6.07, 6.45) is -2.26. The van der Waals surface area contributed by atoms with Gasteiger partial charge in [0.1, 0.15) is 60.3 Å². The number of amides is 9. The summed E-state index contributed by atoms with van der Waals surface area (Å²) in [5, 5.41) is 59.1. The standard InChI is InChI=1S/C57H101N15O13/c1-7-33(4)13-11-12-16-38(75)31-37(17-23-58)48(76)71-47(35(6)74)57(85)68-41(20-26-61)50(78)67-43-22-28-63-56(84)46(34(5)73)72-53(81)42(21-27-62)65-49(77)39(18-24-59)66-54(82)44(29-32(2)3)69-55(83)45(30-36-14-9-8-10-15-36)70-51(79)40(19-25-60)64-52(43)80/h8-10,14-15,32-35,37,39-47,56,63,73-74,84H,7,11-13,16-31,58-62H2,1-6H3,(H,64,80)(H,65,77)(H,66,82)(H,67,78)(H,68,85)(H,69,83)(H,70,79)(H,71,76)(H,72,81)/t33?,34-,35?,37+,39-,40-,41-,42-,43-,44-,45+,46-,47-,56?/m0/s1. The van der Waals surface area contributed by atoms with Crippen molar-refractivity contribution in [1.82, 2.24) is 53.2 Å². The van der Waals surface area contributed by atoms with Crippen LogP contribution < -0.4 is 81.8 Å². The second-order valence-corrected chi connectivity index (χ2v) is 22.5. The van der Waals surface area contributed by atoms with Crippen LogP contribution in [0.2, 0.25) is 0 Å². The molecule has 0 aliphatic carbocycles. The van der Waals surface area contributed by atoms with Crippen molar-refractivity contribution in [2.24, 2.45) is 46.4 Å². The van der Waals surface area contributed by atoms with E-state index in [9.17, 15) is 63.3 Å². The molecule has 85 heavy (non-hydrogen) atoms. The van der Waals surface area contributed by atoms with Gasteiger partial charge in [0.15, 0.2) is 0 Å². The monoisotopic (exact) mass is 1200 g/mol. The largest absolute Gasteiger partial charge is 0.391 e. The third kappa shape index (κ3) is 27.3. The molecule has 28 heteroatoms. The molecule has 3 unspecified atom stereocenters. The summed E-state index contributed by atoms with van der Waals surface area (Å²) in [6, 6.07) is -4.57. The van der Waals surface area contributed by atoms with E-state index in [0.717, 1.165) is 19.3 Å². The zero-order valence-corrected chi connectivity index (χ0v) is 50.5. The van der Waals surface area contributed by atoms with Gasteiger partial charge in [0.05, 0.1) is 18.2 Å². The smallest absolute Gasteiger partial charge is 0.245 e. The highest BCUT2D eigenvalue weighted by Crippen LogP contribution is 2.17. The molecule has 0 aromatic heterocycles. The molecule has 14 atom stereocenters. The maximum absolute atomic E-state index is 14.6. The Kier molecular flexibility index (Phi) is 35.4. The first-order chi connectivity index (χ1) is 40.3. The lowest BCUT2D eigenvalue weighted by Crippen LogP contribution is -2.61. The molecule has 482 valence electrons.